The summed E-state index contributed by atoms with van der Waals surface area (Å²) >= 11 is 0. The first-order valence-electron chi connectivity index (χ1n) is 7.02. The fourth-order valence-corrected chi connectivity index (χ4v) is 2.28. The van der Waals surface area contributed by atoms with Gasteiger partial charge in [0, 0.05) is 38.6 Å². The molecule has 21 heavy (non-hydrogen) atoms. The van der Waals surface area contributed by atoms with E-state index in [9.17, 15) is 0 Å². The summed E-state index contributed by atoms with van der Waals surface area (Å²) in [6.45, 7) is 3.44. The highest BCUT2D eigenvalue weighted by atomic mass is 15.4. The number of imidazole rings is 1. The monoisotopic (exact) mass is 289 g/mol. The predicted octanol–water partition coefficient (Wildman–Crippen LogP) is 0.0660. The molecule has 0 saturated carbocycles. The van der Waals surface area contributed by atoms with Crippen LogP contribution in [0.1, 0.15) is 12.8 Å². The number of nitrogens with zero attached hydrogens (tertiary/aromatic N) is 6. The predicted molar refractivity (Wildman–Crippen MR) is 79.8 cm³/mol. The van der Waals surface area contributed by atoms with Crippen molar-refractivity contribution in [3.8, 4) is 0 Å². The maximum atomic E-state index is 5.43. The minimum absolute atomic E-state index is 0.372. The van der Waals surface area contributed by atoms with Crippen LogP contribution in [0.15, 0.2) is 18.7 Å². The van der Waals surface area contributed by atoms with E-state index >= 15 is 0 Å². The van der Waals surface area contributed by atoms with E-state index in [1.54, 1.807) is 12.5 Å². The summed E-state index contributed by atoms with van der Waals surface area (Å²) in [7, 11) is 0. The third kappa shape index (κ3) is 3.37. The number of hydrogen-bond donors (Lipinski definition) is 3. The molecule has 0 atom stereocenters. The lowest BCUT2D eigenvalue weighted by Crippen LogP contribution is -2.23. The zero-order valence-electron chi connectivity index (χ0n) is 11.7. The first-order valence-corrected chi connectivity index (χ1v) is 7.02. The van der Waals surface area contributed by atoms with Gasteiger partial charge >= 0.3 is 0 Å². The van der Waals surface area contributed by atoms with Crippen LogP contribution in [0.5, 0.6) is 0 Å². The molecule has 3 rings (SSSR count). The first kappa shape index (κ1) is 13.6. The highest BCUT2D eigenvalue weighted by Gasteiger charge is 2.17. The molecule has 3 heterocycles. The van der Waals surface area contributed by atoms with E-state index in [4.69, 9.17) is 5.84 Å². The number of nitrogen functional groups attached to an aromatic ring is 1. The van der Waals surface area contributed by atoms with Gasteiger partial charge in [0.2, 0.25) is 17.8 Å². The molecule has 0 aliphatic carbocycles. The van der Waals surface area contributed by atoms with Crippen molar-refractivity contribution in [1.82, 2.24) is 24.5 Å². The van der Waals surface area contributed by atoms with Crippen molar-refractivity contribution in [2.75, 3.05) is 35.3 Å². The van der Waals surface area contributed by atoms with Crippen molar-refractivity contribution in [2.45, 2.75) is 19.4 Å². The van der Waals surface area contributed by atoms with Crippen LogP contribution in [-0.2, 0) is 6.54 Å². The molecule has 1 aliphatic rings. The number of anilines is 3. The van der Waals surface area contributed by atoms with Gasteiger partial charge in [-0.25, -0.2) is 10.8 Å². The Morgan fingerprint density at radius 1 is 1.14 bits per heavy atom. The molecule has 0 amide bonds. The molecule has 1 fully saturated rings. The molecule has 9 nitrogen and oxygen atoms in total. The number of hydrazine groups is 1. The fourth-order valence-electron chi connectivity index (χ4n) is 2.28. The lowest BCUT2D eigenvalue weighted by Gasteiger charge is -2.16. The summed E-state index contributed by atoms with van der Waals surface area (Å²) in [5, 5.41) is 3.19. The quantitative estimate of drug-likeness (QED) is 0.506. The smallest absolute Gasteiger partial charge is 0.243 e. The summed E-state index contributed by atoms with van der Waals surface area (Å²) in [5.41, 5.74) is 2.49. The normalized spacial score (nSPS) is 14.4. The van der Waals surface area contributed by atoms with Crippen LogP contribution < -0.4 is 21.5 Å². The summed E-state index contributed by atoms with van der Waals surface area (Å²) in [4.78, 5) is 19.1. The molecule has 9 heteroatoms. The highest BCUT2D eigenvalue weighted by molar-refractivity contribution is 5.43. The summed E-state index contributed by atoms with van der Waals surface area (Å²) in [5.74, 6) is 7.00. The van der Waals surface area contributed by atoms with Crippen molar-refractivity contribution >= 4 is 17.8 Å². The Hall–Kier alpha value is -2.42. The molecule has 0 aromatic carbocycles. The van der Waals surface area contributed by atoms with Gasteiger partial charge in [0.25, 0.3) is 0 Å². The Bertz CT molecular complexity index is 562. The zero-order chi connectivity index (χ0) is 14.5. The Morgan fingerprint density at radius 3 is 2.67 bits per heavy atom. The van der Waals surface area contributed by atoms with Gasteiger partial charge in [-0.05, 0) is 12.8 Å². The first-order chi connectivity index (χ1) is 10.3. The van der Waals surface area contributed by atoms with Crippen LogP contribution in [-0.4, -0.2) is 44.1 Å². The van der Waals surface area contributed by atoms with Crippen LogP contribution in [0.3, 0.4) is 0 Å². The molecule has 112 valence electrons. The number of rotatable bonds is 6. The van der Waals surface area contributed by atoms with Gasteiger partial charge in [-0.15, -0.1) is 0 Å². The van der Waals surface area contributed by atoms with Gasteiger partial charge in [-0.1, -0.05) is 0 Å². The van der Waals surface area contributed by atoms with E-state index in [2.05, 4.69) is 35.6 Å². The van der Waals surface area contributed by atoms with E-state index in [1.807, 2.05) is 10.8 Å². The molecule has 0 radical (unpaired) electrons. The maximum absolute atomic E-state index is 5.43. The molecular weight excluding hydrogens is 270 g/mol. The highest BCUT2D eigenvalue weighted by Crippen LogP contribution is 2.18. The maximum Gasteiger partial charge on any atom is 0.243 e. The van der Waals surface area contributed by atoms with Crippen LogP contribution in [0, 0.1) is 0 Å². The van der Waals surface area contributed by atoms with Gasteiger partial charge in [0.05, 0.1) is 6.33 Å². The molecule has 1 aliphatic heterocycles. The second-order valence-corrected chi connectivity index (χ2v) is 4.85. The van der Waals surface area contributed by atoms with Gasteiger partial charge in [-0.3, -0.25) is 5.43 Å². The van der Waals surface area contributed by atoms with Crippen molar-refractivity contribution in [2.24, 2.45) is 5.84 Å². The topological polar surface area (TPSA) is 110 Å². The third-order valence-corrected chi connectivity index (χ3v) is 3.35. The fraction of sp³-hybridized carbons (Fsp3) is 0.500. The molecule has 4 N–H and O–H groups in total. The van der Waals surface area contributed by atoms with Crippen LogP contribution in [0.2, 0.25) is 0 Å². The minimum atomic E-state index is 0.372. The molecule has 0 bridgehead atoms. The van der Waals surface area contributed by atoms with Gasteiger partial charge in [0.1, 0.15) is 0 Å². The zero-order valence-corrected chi connectivity index (χ0v) is 11.7. The van der Waals surface area contributed by atoms with E-state index < -0.39 is 0 Å². The number of aromatic nitrogens is 5. The Kier molecular flexibility index (Phi) is 4.10. The summed E-state index contributed by atoms with van der Waals surface area (Å²) in [6.07, 6.45) is 7.78. The van der Waals surface area contributed by atoms with Crippen LogP contribution >= 0.6 is 0 Å². The third-order valence-electron chi connectivity index (χ3n) is 3.35. The molecule has 0 spiro atoms. The number of nitrogens with two attached hydrogens (primary N) is 1. The Balaban J connectivity index is 1.66. The summed E-state index contributed by atoms with van der Waals surface area (Å²) in [6, 6.07) is 0. The Morgan fingerprint density at radius 2 is 1.95 bits per heavy atom. The van der Waals surface area contributed by atoms with Gasteiger partial charge in [0.15, 0.2) is 0 Å². The molecule has 1 saturated heterocycles. The van der Waals surface area contributed by atoms with Crippen molar-refractivity contribution in [1.29, 1.82) is 0 Å². The SMILES string of the molecule is NNc1nc(NCCn2ccnc2)nc(N2CCCC2)n1. The second kappa shape index (κ2) is 6.35. The molecular formula is C12H19N9. The van der Waals surface area contributed by atoms with E-state index in [0.717, 1.165) is 19.6 Å². The summed E-state index contributed by atoms with van der Waals surface area (Å²) < 4.78 is 1.98. The average molecular weight is 289 g/mol. The van der Waals surface area contributed by atoms with E-state index in [1.165, 1.54) is 12.8 Å². The second-order valence-electron chi connectivity index (χ2n) is 4.85. The van der Waals surface area contributed by atoms with Crippen molar-refractivity contribution in [3.63, 3.8) is 0 Å². The van der Waals surface area contributed by atoms with Gasteiger partial charge < -0.3 is 14.8 Å². The lowest BCUT2D eigenvalue weighted by atomic mass is 10.4. The number of nitrogens with one attached hydrogen (secondary N) is 2. The average Bonchev–Trinajstić information content (AvgIpc) is 3.20. The molecule has 2 aromatic rings. The van der Waals surface area contributed by atoms with Crippen molar-refractivity contribution in [3.05, 3.63) is 18.7 Å². The van der Waals surface area contributed by atoms with E-state index in [0.29, 0.717) is 24.4 Å². The standard InChI is InChI=1S/C12H19N9/c13-19-11-16-10(15-4-8-20-7-3-14-9-20)17-12(18-11)21-5-1-2-6-21/h3,7,9H,1-2,4-6,8,13H2,(H2,15,16,17,18,19). The molecule has 0 unspecified atom stereocenters. The Labute approximate surface area is 122 Å². The van der Waals surface area contributed by atoms with Crippen LogP contribution in [0.25, 0.3) is 0 Å². The molecule has 2 aromatic heterocycles. The van der Waals surface area contributed by atoms with Crippen molar-refractivity contribution < 1.29 is 0 Å². The van der Waals surface area contributed by atoms with Gasteiger partial charge in [-0.2, -0.15) is 15.0 Å². The minimum Gasteiger partial charge on any atom is -0.352 e. The largest absolute Gasteiger partial charge is 0.352 e. The van der Waals surface area contributed by atoms with Crippen LogP contribution in [0.4, 0.5) is 17.8 Å². The number of hydrogen-bond acceptors (Lipinski definition) is 8. The lowest BCUT2D eigenvalue weighted by molar-refractivity contribution is 0.722. The van der Waals surface area contributed by atoms with E-state index in [-0.39, 0.29) is 0 Å².